The molecule has 444 valence electrons. The van der Waals surface area contributed by atoms with Crippen LogP contribution in [0.15, 0.2) is 333 Å². The largest absolute Gasteiger partial charge is 0.488 e. The number of allylic oxidation sites excluding steroid dienone is 4. The molecule has 0 amide bonds. The van der Waals surface area contributed by atoms with Gasteiger partial charge in [0.1, 0.15) is 0 Å². The molecule has 0 atom stereocenters. The molecule has 16 rings (SSSR count). The molecule has 0 bridgehead atoms. The summed E-state index contributed by atoms with van der Waals surface area (Å²) in [6.07, 6.45) is 4.52. The molecule has 0 aliphatic heterocycles. The van der Waals surface area contributed by atoms with Gasteiger partial charge in [-0.3, -0.25) is 0 Å². The van der Waals surface area contributed by atoms with Gasteiger partial charge in [-0.15, -0.1) is 0 Å². The summed E-state index contributed by atoms with van der Waals surface area (Å²) >= 11 is 0. The lowest BCUT2D eigenvalue weighted by molar-refractivity contribution is 0.426. The van der Waals surface area contributed by atoms with Gasteiger partial charge in [0, 0.05) is 56.0 Å². The Labute approximate surface area is 544 Å². The number of hydrogen-bond acceptors (Lipinski definition) is 4. The lowest BCUT2D eigenvalue weighted by Gasteiger charge is -2.27. The quantitative estimate of drug-likeness (QED) is 0.107. The second-order valence-corrected chi connectivity index (χ2v) is 25.0. The Balaban J connectivity index is 0.666. The lowest BCUT2D eigenvalue weighted by Crippen LogP contribution is -2.29. The van der Waals surface area contributed by atoms with Crippen LogP contribution in [-0.4, -0.2) is 21.7 Å². The minimum absolute atomic E-state index is 0.157. The van der Waals surface area contributed by atoms with Crippen LogP contribution in [0.5, 0.6) is 0 Å². The molecular weight excluding hydrogens is 1130 g/mol. The zero-order valence-electron chi connectivity index (χ0n) is 51.9. The molecule has 5 nitrogen and oxygen atoms in total. The van der Waals surface area contributed by atoms with E-state index in [4.69, 9.17) is 0 Å². The average Bonchev–Trinajstić information content (AvgIpc) is 1.57. The summed E-state index contributed by atoms with van der Waals surface area (Å²) in [7, 11) is -1.54. The molecule has 0 spiro atoms. The molecule has 6 heteroatoms. The maximum absolute atomic E-state index is 9.90. The van der Waals surface area contributed by atoms with E-state index in [0.717, 1.165) is 91.5 Å². The van der Waals surface area contributed by atoms with Crippen molar-refractivity contribution in [3.63, 3.8) is 0 Å². The average molecular weight is 1200 g/mol. The van der Waals surface area contributed by atoms with Gasteiger partial charge < -0.3 is 24.4 Å². The third kappa shape index (κ3) is 10.7. The Kier molecular flexibility index (Phi) is 14.6. The first-order valence-corrected chi connectivity index (χ1v) is 32.1. The maximum atomic E-state index is 9.90. The Morgan fingerprint density at radius 1 is 0.323 bits per heavy atom. The molecule has 0 fully saturated rings. The minimum atomic E-state index is -1.54. The highest BCUT2D eigenvalue weighted by Gasteiger charge is 2.39. The number of aromatic nitrogens is 1. The third-order valence-corrected chi connectivity index (χ3v) is 19.2. The van der Waals surface area contributed by atoms with Crippen molar-refractivity contribution in [1.29, 1.82) is 0 Å². The van der Waals surface area contributed by atoms with E-state index in [2.05, 4.69) is 325 Å². The standard InChI is InChI=1S/C87H66BN3O2/c1-87(2)83-57-70(37-53-79(83)80-54-52-78(58-84(80)87)91-85-25-11-9-23-81(85)82-24-10-12-26-86(82)91)65-35-48-75(49-36-65)89(72-40-27-61(28-41-72)59-15-5-3-6-16-59)74-44-31-63(32-45-74)66-19-13-21-68(55-66)69-22-14-20-67(56-69)64-33-46-76(47-34-64)90(77-50-38-71(39-51-77)88(92)93)73-42-29-62(30-43-73)60-17-7-4-8-18-60/h3-51,53,55-58,92-93H,52,54H2,1-2H3. The number of benzene rings is 13. The third-order valence-electron chi connectivity index (χ3n) is 19.2. The fraction of sp³-hybridized carbons (Fsp3) is 0.0575. The predicted octanol–water partition coefficient (Wildman–Crippen LogP) is 21.8. The van der Waals surface area contributed by atoms with Gasteiger partial charge in [0.25, 0.3) is 0 Å². The van der Waals surface area contributed by atoms with E-state index in [-0.39, 0.29) is 5.41 Å². The summed E-state index contributed by atoms with van der Waals surface area (Å²) in [5, 5.41) is 22.4. The van der Waals surface area contributed by atoms with Crippen molar-refractivity contribution in [2.45, 2.75) is 32.1 Å². The molecule has 93 heavy (non-hydrogen) atoms. The Morgan fingerprint density at radius 3 is 1.05 bits per heavy atom. The summed E-state index contributed by atoms with van der Waals surface area (Å²) in [6, 6.07) is 115. The normalized spacial score (nSPS) is 13.2. The van der Waals surface area contributed by atoms with E-state index in [1.165, 1.54) is 72.0 Å². The van der Waals surface area contributed by atoms with Crippen LogP contribution >= 0.6 is 0 Å². The van der Waals surface area contributed by atoms with Crippen molar-refractivity contribution in [3.05, 3.63) is 344 Å². The SMILES string of the molecule is CC1(C)C2=C(CCC(n3c4ccccc4c4ccccc43)=C2)c2ccc(-c3ccc(N(c4ccc(-c5ccccc5)cc4)c4ccc(-c5cccc(-c6cccc(-c7ccc(N(c8ccc(B(O)O)cc8)c8ccc(-c9ccccc9)cc8)cc7)c6)c5)cc4)cc3)cc21. The van der Waals surface area contributed by atoms with E-state index >= 15 is 0 Å². The second-order valence-electron chi connectivity index (χ2n) is 25.0. The summed E-state index contributed by atoms with van der Waals surface area (Å²) in [6.45, 7) is 4.82. The van der Waals surface area contributed by atoms with E-state index in [1.807, 2.05) is 18.2 Å². The van der Waals surface area contributed by atoms with Crippen LogP contribution in [0.3, 0.4) is 0 Å². The number of anilines is 6. The van der Waals surface area contributed by atoms with Crippen LogP contribution in [0.4, 0.5) is 34.1 Å². The molecule has 13 aromatic carbocycles. The molecular formula is C87H66BN3O2. The maximum Gasteiger partial charge on any atom is 0.488 e. The van der Waals surface area contributed by atoms with Crippen molar-refractivity contribution < 1.29 is 10.0 Å². The monoisotopic (exact) mass is 1200 g/mol. The topological polar surface area (TPSA) is 51.9 Å². The van der Waals surface area contributed by atoms with Crippen LogP contribution in [0.2, 0.25) is 0 Å². The summed E-state index contributed by atoms with van der Waals surface area (Å²) in [5.41, 5.74) is 29.9. The van der Waals surface area contributed by atoms with Crippen LogP contribution in [0, 0.1) is 0 Å². The first-order chi connectivity index (χ1) is 45.7. The van der Waals surface area contributed by atoms with Gasteiger partial charge in [-0.2, -0.15) is 0 Å². The number of rotatable bonds is 14. The van der Waals surface area contributed by atoms with Crippen LogP contribution < -0.4 is 15.3 Å². The second kappa shape index (κ2) is 23.8. The highest BCUT2D eigenvalue weighted by Crippen LogP contribution is 2.53. The molecule has 0 radical (unpaired) electrons. The van der Waals surface area contributed by atoms with Crippen molar-refractivity contribution in [1.82, 2.24) is 4.57 Å². The van der Waals surface area contributed by atoms with E-state index in [0.29, 0.717) is 5.46 Å². The summed E-state index contributed by atoms with van der Waals surface area (Å²) in [5.74, 6) is 0. The van der Waals surface area contributed by atoms with Crippen molar-refractivity contribution in [3.8, 4) is 66.8 Å². The number of fused-ring (bicyclic) bond motifs is 5. The molecule has 1 aromatic heterocycles. The highest BCUT2D eigenvalue weighted by molar-refractivity contribution is 6.58. The van der Waals surface area contributed by atoms with Crippen molar-refractivity contribution in [2.75, 3.05) is 9.80 Å². The summed E-state index contributed by atoms with van der Waals surface area (Å²) < 4.78 is 2.51. The molecule has 2 N–H and O–H groups in total. The molecule has 1 heterocycles. The highest BCUT2D eigenvalue weighted by atomic mass is 16.4. The van der Waals surface area contributed by atoms with Crippen molar-refractivity contribution in [2.24, 2.45) is 0 Å². The molecule has 14 aromatic rings. The number of nitrogens with zero attached hydrogens (tertiary/aromatic N) is 3. The van der Waals surface area contributed by atoms with Gasteiger partial charge in [0.05, 0.1) is 11.0 Å². The van der Waals surface area contributed by atoms with E-state index in [1.54, 1.807) is 12.1 Å². The van der Waals surface area contributed by atoms with Gasteiger partial charge in [-0.25, -0.2) is 0 Å². The molecule has 0 saturated heterocycles. The van der Waals surface area contributed by atoms with Gasteiger partial charge in [0.2, 0.25) is 0 Å². The van der Waals surface area contributed by atoms with Crippen molar-refractivity contribution >= 4 is 79.8 Å². The van der Waals surface area contributed by atoms with Crippen LogP contribution in [0.25, 0.3) is 99.8 Å². The Bertz CT molecular complexity index is 5100. The van der Waals surface area contributed by atoms with Gasteiger partial charge in [-0.1, -0.05) is 232 Å². The number of para-hydroxylation sites is 2. The van der Waals surface area contributed by atoms with Gasteiger partial charge >= 0.3 is 7.12 Å². The van der Waals surface area contributed by atoms with Crippen LogP contribution in [-0.2, 0) is 5.41 Å². The fourth-order valence-electron chi connectivity index (χ4n) is 14.3. The van der Waals surface area contributed by atoms with Gasteiger partial charge in [-0.05, 0) is 217 Å². The molecule has 2 aliphatic carbocycles. The Morgan fingerprint density at radius 2 is 0.645 bits per heavy atom. The first-order valence-electron chi connectivity index (χ1n) is 32.1. The zero-order chi connectivity index (χ0) is 62.6. The van der Waals surface area contributed by atoms with E-state index in [9.17, 15) is 10.0 Å². The lowest BCUT2D eigenvalue weighted by atomic mass is 9.79. The van der Waals surface area contributed by atoms with E-state index < -0.39 is 7.12 Å². The molecule has 0 saturated carbocycles. The first kappa shape index (κ1) is 56.9. The van der Waals surface area contributed by atoms with Crippen LogP contribution in [0.1, 0.15) is 37.8 Å². The minimum Gasteiger partial charge on any atom is -0.423 e. The molecule has 0 unspecified atom stereocenters. The predicted molar refractivity (Wildman–Crippen MR) is 391 cm³/mol. The Hall–Kier alpha value is -11.3. The molecule has 2 aliphatic rings. The summed E-state index contributed by atoms with van der Waals surface area (Å²) in [4.78, 5) is 4.56. The van der Waals surface area contributed by atoms with Gasteiger partial charge in [0.15, 0.2) is 0 Å². The number of hydrogen-bond donors (Lipinski definition) is 2. The smallest absolute Gasteiger partial charge is 0.423 e. The fourth-order valence-corrected chi connectivity index (χ4v) is 14.3. The zero-order valence-corrected chi connectivity index (χ0v) is 51.9.